The summed E-state index contributed by atoms with van der Waals surface area (Å²) in [4.78, 5) is 0. The lowest BCUT2D eigenvalue weighted by atomic mass is 10.1. The van der Waals surface area contributed by atoms with Gasteiger partial charge < -0.3 is 0 Å². The largest absolute Gasteiger partial charge is 0.201 e. The second-order valence-electron chi connectivity index (χ2n) is 3.17. The number of nitrogens with zero attached hydrogens (tertiary/aromatic N) is 1. The van der Waals surface area contributed by atoms with Gasteiger partial charge in [-0.3, -0.25) is 0 Å². The number of hydrogen-bond acceptors (Lipinski definition) is 0. The van der Waals surface area contributed by atoms with Gasteiger partial charge in [0.25, 0.3) is 0 Å². The molecule has 0 fully saturated rings. The maximum atomic E-state index is 7.82. The molecule has 0 spiro atoms. The lowest BCUT2D eigenvalue weighted by Gasteiger charge is -1.97. The number of benzene rings is 1. The molecule has 2 rings (SSSR count). The highest BCUT2D eigenvalue weighted by atomic mass is 14.9. The molecule has 0 aliphatic heterocycles. The number of pyridine rings is 1. The Balaban J connectivity index is 2.48. The molecule has 0 unspecified atom stereocenters. The molecule has 0 N–H and O–H groups in total. The van der Waals surface area contributed by atoms with Crippen LogP contribution in [-0.2, 0) is 6.54 Å². The molecule has 0 bridgehead atoms. The maximum Gasteiger partial charge on any atom is 0.173 e. The van der Waals surface area contributed by atoms with E-state index in [4.69, 9.17) is 6.85 Å². The van der Waals surface area contributed by atoms with Crippen LogP contribution in [0.25, 0.3) is 0 Å². The summed E-state index contributed by atoms with van der Waals surface area (Å²) >= 11 is 0. The molecule has 1 nitrogen and oxygen atoms in total. The minimum absolute atomic E-state index is 0.202. The van der Waals surface area contributed by atoms with Crippen molar-refractivity contribution in [3.05, 3.63) is 65.9 Å². The molecule has 1 heterocycles. The monoisotopic (exact) mass is 189 g/mol. The van der Waals surface area contributed by atoms with Gasteiger partial charge in [-0.05, 0) is 6.92 Å². The van der Waals surface area contributed by atoms with E-state index in [9.17, 15) is 0 Å². The van der Waals surface area contributed by atoms with E-state index < -0.39 is 0 Å². The molecule has 0 aliphatic carbocycles. The fourth-order valence-corrected chi connectivity index (χ4v) is 1.21. The lowest BCUT2D eigenvalue weighted by Crippen LogP contribution is -2.32. The van der Waals surface area contributed by atoms with Crippen molar-refractivity contribution in [1.82, 2.24) is 0 Å². The first-order chi connectivity index (χ1) is 8.91. The van der Waals surface area contributed by atoms with Crippen LogP contribution in [-0.4, -0.2) is 0 Å². The van der Waals surface area contributed by atoms with Crippen LogP contribution >= 0.6 is 0 Å². The minimum Gasteiger partial charge on any atom is -0.201 e. The predicted octanol–water partition coefficient (Wildman–Crippen LogP) is 2.33. The van der Waals surface area contributed by atoms with Gasteiger partial charge in [-0.1, -0.05) is 35.9 Å². The zero-order chi connectivity index (χ0) is 14.2. The molecule has 1 aromatic carbocycles. The fraction of sp³-hybridized carbons (Fsp3) is 0.154. The number of aromatic nitrogens is 1. The summed E-state index contributed by atoms with van der Waals surface area (Å²) in [5.41, 5.74) is 2.02. The van der Waals surface area contributed by atoms with Gasteiger partial charge in [0, 0.05) is 17.6 Å². The second kappa shape index (κ2) is 4.05. The summed E-state index contributed by atoms with van der Waals surface area (Å²) in [6, 6.07) is 6.67. The van der Waals surface area contributed by atoms with E-state index >= 15 is 0 Å². The number of aryl methyl sites for hydroxylation is 1. The quantitative estimate of drug-likeness (QED) is 0.638. The van der Waals surface area contributed by atoms with Crippen LogP contribution in [0.1, 0.15) is 18.0 Å². The summed E-state index contributed by atoms with van der Waals surface area (Å²) in [5, 5.41) is 0. The van der Waals surface area contributed by atoms with Crippen molar-refractivity contribution in [3.8, 4) is 0 Å². The standard InChI is InChI=1S/C13H14N/c1-12-5-7-13(8-6-12)11-14-9-3-2-4-10-14/h2-10H,11H2,1H3/q+1/i2D,3D,4D,9D,10D. The van der Waals surface area contributed by atoms with Crippen LogP contribution in [0.4, 0.5) is 0 Å². The Hall–Kier alpha value is -1.63. The Bertz CT molecular complexity index is 593. The summed E-state index contributed by atoms with van der Waals surface area (Å²) in [5.74, 6) is 0. The Morgan fingerprint density at radius 1 is 1.07 bits per heavy atom. The van der Waals surface area contributed by atoms with Gasteiger partial charge in [-0.2, -0.15) is 0 Å². The molecule has 0 aliphatic rings. The molecule has 0 amide bonds. The summed E-state index contributed by atoms with van der Waals surface area (Å²) in [6.07, 6.45) is -0.404. The van der Waals surface area contributed by atoms with Gasteiger partial charge in [0.2, 0.25) is 0 Å². The third kappa shape index (κ3) is 2.19. The van der Waals surface area contributed by atoms with Gasteiger partial charge in [0.05, 0.1) is 4.11 Å². The van der Waals surface area contributed by atoms with Gasteiger partial charge >= 0.3 is 0 Å². The lowest BCUT2D eigenvalue weighted by molar-refractivity contribution is -0.688. The highest BCUT2D eigenvalue weighted by Gasteiger charge is 1.99. The van der Waals surface area contributed by atoms with Crippen molar-refractivity contribution in [3.63, 3.8) is 0 Å². The van der Waals surface area contributed by atoms with Crippen molar-refractivity contribution >= 4 is 0 Å². The van der Waals surface area contributed by atoms with Gasteiger partial charge in [-0.25, -0.2) is 4.57 Å². The molecular weight excluding hydrogens is 170 g/mol. The molecular formula is C13H14N+. The van der Waals surface area contributed by atoms with E-state index in [1.807, 2.05) is 31.2 Å². The van der Waals surface area contributed by atoms with Crippen LogP contribution in [0.15, 0.2) is 54.7 Å². The summed E-state index contributed by atoms with van der Waals surface area (Å²) < 4.78 is 39.7. The van der Waals surface area contributed by atoms with Crippen molar-refractivity contribution < 1.29 is 11.4 Å². The smallest absolute Gasteiger partial charge is 0.173 e. The average Bonchev–Trinajstić information content (AvgIpc) is 2.41. The third-order valence-electron chi connectivity index (χ3n) is 1.97. The predicted molar refractivity (Wildman–Crippen MR) is 56.9 cm³/mol. The van der Waals surface area contributed by atoms with E-state index in [2.05, 4.69) is 0 Å². The van der Waals surface area contributed by atoms with Crippen LogP contribution < -0.4 is 4.57 Å². The topological polar surface area (TPSA) is 3.88 Å². The molecule has 14 heavy (non-hydrogen) atoms. The first kappa shape index (κ1) is 4.74. The first-order valence-electron chi connectivity index (χ1n) is 6.94. The van der Waals surface area contributed by atoms with Crippen molar-refractivity contribution in [1.29, 1.82) is 0 Å². The van der Waals surface area contributed by atoms with Crippen LogP contribution in [0.2, 0.25) is 0 Å². The van der Waals surface area contributed by atoms with Crippen LogP contribution in [0, 0.1) is 6.92 Å². The SMILES string of the molecule is [2H]c1c([2H])c([2H])[n+](Cc2ccc(C)cc2)c([2H])c1[2H]. The van der Waals surface area contributed by atoms with Gasteiger partial charge in [0.1, 0.15) is 2.74 Å². The van der Waals surface area contributed by atoms with E-state index in [0.29, 0.717) is 0 Å². The molecule has 1 aromatic heterocycles. The Morgan fingerprint density at radius 3 is 2.36 bits per heavy atom. The minimum atomic E-state index is -0.366. The molecule has 70 valence electrons. The van der Waals surface area contributed by atoms with Crippen molar-refractivity contribution in [2.45, 2.75) is 13.5 Å². The van der Waals surface area contributed by atoms with Crippen LogP contribution in [0.5, 0.6) is 0 Å². The molecule has 0 atom stereocenters. The highest BCUT2D eigenvalue weighted by molar-refractivity contribution is 5.20. The van der Waals surface area contributed by atoms with E-state index in [1.54, 1.807) is 0 Å². The van der Waals surface area contributed by atoms with Crippen molar-refractivity contribution in [2.24, 2.45) is 0 Å². The van der Waals surface area contributed by atoms with Gasteiger partial charge in [-0.15, -0.1) is 0 Å². The number of hydrogen-bond donors (Lipinski definition) is 0. The Labute approximate surface area is 91.7 Å². The summed E-state index contributed by atoms with van der Waals surface area (Å²) in [7, 11) is 0. The third-order valence-corrected chi connectivity index (χ3v) is 1.97. The molecule has 2 aromatic rings. The zero-order valence-corrected chi connectivity index (χ0v) is 7.96. The maximum absolute atomic E-state index is 7.82. The molecule has 0 radical (unpaired) electrons. The van der Waals surface area contributed by atoms with Crippen molar-refractivity contribution in [2.75, 3.05) is 0 Å². The zero-order valence-electron chi connectivity index (χ0n) is 13.0. The normalized spacial score (nSPS) is 15.1. The van der Waals surface area contributed by atoms with E-state index in [0.717, 1.165) is 11.1 Å². The Kier molecular flexibility index (Phi) is 1.37. The second-order valence-corrected chi connectivity index (χ2v) is 3.17. The average molecular weight is 189 g/mol. The molecule has 1 heteroatoms. The van der Waals surface area contributed by atoms with Crippen LogP contribution in [0.3, 0.4) is 0 Å². The fourth-order valence-electron chi connectivity index (χ4n) is 1.21. The molecule has 0 saturated heterocycles. The number of rotatable bonds is 2. The van der Waals surface area contributed by atoms with E-state index in [1.165, 1.54) is 4.57 Å². The summed E-state index contributed by atoms with van der Waals surface area (Å²) in [6.45, 7) is 2.23. The Morgan fingerprint density at radius 2 is 1.71 bits per heavy atom. The first-order valence-corrected chi connectivity index (χ1v) is 4.44. The van der Waals surface area contributed by atoms with E-state index in [-0.39, 0.29) is 37.0 Å². The molecule has 0 saturated carbocycles. The highest BCUT2D eigenvalue weighted by Crippen LogP contribution is 2.02. The van der Waals surface area contributed by atoms with Gasteiger partial charge in [0.15, 0.2) is 18.9 Å².